The van der Waals surface area contributed by atoms with Crippen molar-refractivity contribution in [2.45, 2.75) is 91.8 Å². The van der Waals surface area contributed by atoms with E-state index in [4.69, 9.17) is 4.74 Å². The molecule has 0 saturated heterocycles. The van der Waals surface area contributed by atoms with Gasteiger partial charge in [-0.2, -0.15) is 0 Å². The fourth-order valence-corrected chi connectivity index (χ4v) is 8.57. The van der Waals surface area contributed by atoms with Crippen LogP contribution in [0.5, 0.6) is 0 Å². The number of esters is 1. The Labute approximate surface area is 157 Å². The molecular formula is C22H34O4. The summed E-state index contributed by atoms with van der Waals surface area (Å²) in [4.78, 5) is 25.6. The van der Waals surface area contributed by atoms with Crippen LogP contribution in [0.2, 0.25) is 0 Å². The van der Waals surface area contributed by atoms with Crippen LogP contribution in [0.15, 0.2) is 0 Å². The number of hydrogen-bond acceptors (Lipinski definition) is 4. The predicted molar refractivity (Wildman–Crippen MR) is 98.3 cm³/mol. The highest BCUT2D eigenvalue weighted by Gasteiger charge is 2.83. The van der Waals surface area contributed by atoms with Gasteiger partial charge >= 0.3 is 5.97 Å². The smallest absolute Gasteiger partial charge is 0.303 e. The van der Waals surface area contributed by atoms with E-state index < -0.39 is 17.1 Å². The van der Waals surface area contributed by atoms with Crippen LogP contribution in [0.25, 0.3) is 0 Å². The van der Waals surface area contributed by atoms with Crippen LogP contribution < -0.4 is 0 Å². The molecule has 4 saturated carbocycles. The molecule has 4 aliphatic carbocycles. The number of carbonyl (C=O) groups excluding carboxylic acids is 2. The summed E-state index contributed by atoms with van der Waals surface area (Å²) in [6.07, 6.45) is 4.98. The van der Waals surface area contributed by atoms with Gasteiger partial charge in [0.25, 0.3) is 0 Å². The third-order valence-corrected chi connectivity index (χ3v) is 9.43. The normalized spacial score (nSPS) is 54.6. The predicted octanol–water partition coefficient (Wildman–Crippen LogP) is 3.89. The number of fused-ring (bicyclic) bond motifs is 1. The molecule has 7 unspecified atom stereocenters. The summed E-state index contributed by atoms with van der Waals surface area (Å²) in [6.45, 7) is 12.3. The molecule has 1 spiro atoms. The fraction of sp³-hybridized carbons (Fsp3) is 0.909. The Bertz CT molecular complexity index is 680. The standard InChI is InChI=1S/C22H34O4/c1-13(23)26-15-16-18(2,3)8-7-9-19(16,4)22-11-10-21(6,25)14(22)12-20(22,5)17(15)24/h14-16,25H,7-12H2,1-6H3. The molecule has 0 heterocycles. The van der Waals surface area contributed by atoms with Crippen LogP contribution in [0, 0.1) is 33.5 Å². The lowest BCUT2D eigenvalue weighted by Crippen LogP contribution is -2.78. The molecule has 0 aliphatic heterocycles. The number of carbonyl (C=O) groups is 2. The molecule has 146 valence electrons. The van der Waals surface area contributed by atoms with Crippen molar-refractivity contribution in [2.24, 2.45) is 33.5 Å². The van der Waals surface area contributed by atoms with Crippen molar-refractivity contribution in [3.05, 3.63) is 0 Å². The maximum Gasteiger partial charge on any atom is 0.303 e. The fourth-order valence-electron chi connectivity index (χ4n) is 8.57. The summed E-state index contributed by atoms with van der Waals surface area (Å²) in [5.74, 6) is -0.0615. The van der Waals surface area contributed by atoms with Crippen LogP contribution >= 0.6 is 0 Å². The van der Waals surface area contributed by atoms with E-state index in [0.29, 0.717) is 0 Å². The maximum atomic E-state index is 13.7. The molecule has 26 heavy (non-hydrogen) atoms. The highest BCUT2D eigenvalue weighted by atomic mass is 16.5. The molecule has 4 rings (SSSR count). The Hall–Kier alpha value is -0.900. The van der Waals surface area contributed by atoms with Gasteiger partial charge in [-0.05, 0) is 61.2 Å². The third-order valence-electron chi connectivity index (χ3n) is 9.43. The van der Waals surface area contributed by atoms with E-state index in [9.17, 15) is 14.7 Å². The quantitative estimate of drug-likeness (QED) is 0.719. The molecule has 0 aromatic rings. The minimum absolute atomic E-state index is 0.0184. The van der Waals surface area contributed by atoms with E-state index >= 15 is 0 Å². The van der Waals surface area contributed by atoms with Gasteiger partial charge in [0.1, 0.15) is 0 Å². The summed E-state index contributed by atoms with van der Waals surface area (Å²) in [5.41, 5.74) is -1.51. The van der Waals surface area contributed by atoms with Crippen molar-refractivity contribution in [3.8, 4) is 0 Å². The zero-order valence-electron chi connectivity index (χ0n) is 17.1. The Balaban J connectivity index is 1.92. The van der Waals surface area contributed by atoms with Gasteiger partial charge < -0.3 is 9.84 Å². The first-order chi connectivity index (χ1) is 11.8. The van der Waals surface area contributed by atoms with Crippen molar-refractivity contribution in [1.82, 2.24) is 0 Å². The molecule has 4 heteroatoms. The van der Waals surface area contributed by atoms with Crippen molar-refractivity contribution >= 4 is 11.8 Å². The molecule has 4 aliphatic rings. The van der Waals surface area contributed by atoms with Crippen LogP contribution in [0.1, 0.15) is 80.1 Å². The minimum atomic E-state index is -0.691. The first-order valence-corrected chi connectivity index (χ1v) is 10.3. The lowest BCUT2D eigenvalue weighted by molar-refractivity contribution is -0.294. The second-order valence-corrected chi connectivity index (χ2v) is 11.0. The molecule has 0 bridgehead atoms. The molecule has 4 fully saturated rings. The van der Waals surface area contributed by atoms with E-state index in [1.165, 1.54) is 6.92 Å². The number of ether oxygens (including phenoxy) is 1. The first kappa shape index (κ1) is 18.5. The second-order valence-electron chi connectivity index (χ2n) is 11.0. The minimum Gasteiger partial charge on any atom is -0.454 e. The number of ketones is 1. The van der Waals surface area contributed by atoms with Crippen molar-refractivity contribution in [2.75, 3.05) is 0 Å². The lowest BCUT2D eigenvalue weighted by Gasteiger charge is -2.76. The lowest BCUT2D eigenvalue weighted by atomic mass is 9.27. The summed E-state index contributed by atoms with van der Waals surface area (Å²) in [6, 6.07) is 0. The van der Waals surface area contributed by atoms with Gasteiger partial charge in [-0.1, -0.05) is 34.1 Å². The van der Waals surface area contributed by atoms with E-state index in [-0.39, 0.29) is 39.8 Å². The Morgan fingerprint density at radius 3 is 2.31 bits per heavy atom. The first-order valence-electron chi connectivity index (χ1n) is 10.3. The summed E-state index contributed by atoms with van der Waals surface area (Å²) in [5, 5.41) is 11.1. The maximum absolute atomic E-state index is 13.7. The van der Waals surface area contributed by atoms with E-state index in [1.54, 1.807) is 0 Å². The summed E-state index contributed by atoms with van der Waals surface area (Å²) in [7, 11) is 0. The number of Topliss-reactive ketones (excluding diaryl/α,β-unsaturated/α-hetero) is 1. The molecule has 0 amide bonds. The Morgan fingerprint density at radius 1 is 1.08 bits per heavy atom. The molecule has 0 aromatic heterocycles. The van der Waals surface area contributed by atoms with Crippen molar-refractivity contribution in [1.29, 1.82) is 0 Å². The monoisotopic (exact) mass is 362 g/mol. The zero-order chi connectivity index (χ0) is 19.3. The molecule has 7 atom stereocenters. The van der Waals surface area contributed by atoms with Gasteiger partial charge in [-0.3, -0.25) is 9.59 Å². The Morgan fingerprint density at radius 2 is 1.73 bits per heavy atom. The molecule has 0 aromatic carbocycles. The average molecular weight is 363 g/mol. The van der Waals surface area contributed by atoms with E-state index in [1.807, 2.05) is 6.92 Å². The summed E-state index contributed by atoms with van der Waals surface area (Å²) < 4.78 is 5.74. The van der Waals surface area contributed by atoms with Crippen molar-refractivity contribution < 1.29 is 19.4 Å². The van der Waals surface area contributed by atoms with Crippen LogP contribution in [-0.4, -0.2) is 28.6 Å². The SMILES string of the molecule is CC(=O)OC1C(=O)C2(C)CC3C(C)(O)CCC32C2(C)CCCC(C)(C)C12. The van der Waals surface area contributed by atoms with Crippen LogP contribution in [0.3, 0.4) is 0 Å². The largest absolute Gasteiger partial charge is 0.454 e. The van der Waals surface area contributed by atoms with Gasteiger partial charge in [0.05, 0.1) is 5.60 Å². The van der Waals surface area contributed by atoms with Gasteiger partial charge in [0.15, 0.2) is 11.9 Å². The molecular weight excluding hydrogens is 328 g/mol. The average Bonchev–Trinajstić information content (AvgIpc) is 2.70. The number of rotatable bonds is 1. The molecule has 0 radical (unpaired) electrons. The number of aliphatic hydroxyl groups is 1. The second kappa shape index (κ2) is 4.92. The van der Waals surface area contributed by atoms with Gasteiger partial charge in [-0.15, -0.1) is 0 Å². The van der Waals surface area contributed by atoms with Crippen LogP contribution in [0.4, 0.5) is 0 Å². The molecule has 1 N–H and O–H groups in total. The van der Waals surface area contributed by atoms with Crippen molar-refractivity contribution in [3.63, 3.8) is 0 Å². The van der Waals surface area contributed by atoms with E-state index in [2.05, 4.69) is 27.7 Å². The highest BCUT2D eigenvalue weighted by molar-refractivity contribution is 5.94. The Kier molecular flexibility index (Phi) is 3.50. The van der Waals surface area contributed by atoms with Gasteiger partial charge in [-0.25, -0.2) is 0 Å². The topological polar surface area (TPSA) is 63.6 Å². The third kappa shape index (κ3) is 1.80. The van der Waals surface area contributed by atoms with Gasteiger partial charge in [0.2, 0.25) is 0 Å². The number of hydrogen-bond donors (Lipinski definition) is 1. The van der Waals surface area contributed by atoms with E-state index in [0.717, 1.165) is 38.5 Å². The van der Waals surface area contributed by atoms with Crippen LogP contribution in [-0.2, 0) is 14.3 Å². The molecule has 4 nitrogen and oxygen atoms in total. The highest BCUT2D eigenvalue weighted by Crippen LogP contribution is 2.83. The zero-order valence-corrected chi connectivity index (χ0v) is 17.1. The summed E-state index contributed by atoms with van der Waals surface area (Å²) >= 11 is 0. The van der Waals surface area contributed by atoms with Gasteiger partial charge in [0, 0.05) is 18.3 Å².